The van der Waals surface area contributed by atoms with Crippen molar-refractivity contribution in [3.63, 3.8) is 0 Å². The molecule has 1 saturated carbocycles. The Bertz CT molecular complexity index is 193. The summed E-state index contributed by atoms with van der Waals surface area (Å²) in [6, 6.07) is 0. The van der Waals surface area contributed by atoms with E-state index in [1.54, 1.807) is 7.11 Å². The van der Waals surface area contributed by atoms with Crippen LogP contribution in [0.4, 0.5) is 0 Å². The van der Waals surface area contributed by atoms with Crippen LogP contribution in [-0.2, 0) is 4.74 Å². The van der Waals surface area contributed by atoms with Gasteiger partial charge in [-0.25, -0.2) is 0 Å². The first-order valence-electron chi connectivity index (χ1n) is 5.74. The molecule has 0 aliphatic heterocycles. The average molecular weight is 194 g/mol. The van der Waals surface area contributed by atoms with Crippen molar-refractivity contribution in [3.8, 4) is 0 Å². The topological polar surface area (TPSA) is 9.23 Å². The molecule has 1 nitrogen and oxygen atoms in total. The van der Waals surface area contributed by atoms with Crippen LogP contribution in [-0.4, -0.2) is 7.11 Å². The molecule has 0 bridgehead atoms. The number of allylic oxidation sites excluding steroid dienone is 3. The van der Waals surface area contributed by atoms with Gasteiger partial charge in [-0.2, -0.15) is 0 Å². The molecule has 0 N–H and O–H groups in total. The zero-order valence-corrected chi connectivity index (χ0v) is 9.46. The minimum atomic E-state index is 0.815. The molecule has 1 aliphatic rings. The van der Waals surface area contributed by atoms with Crippen LogP contribution in [0.25, 0.3) is 0 Å². The summed E-state index contributed by atoms with van der Waals surface area (Å²) in [6.07, 6.45) is 14.2. The van der Waals surface area contributed by atoms with Crippen LogP contribution in [0.1, 0.15) is 45.4 Å². The lowest BCUT2D eigenvalue weighted by molar-refractivity contribution is 0.325. The molecule has 0 amide bonds. The monoisotopic (exact) mass is 194 g/mol. The van der Waals surface area contributed by atoms with Gasteiger partial charge in [0.05, 0.1) is 13.4 Å². The molecule has 0 radical (unpaired) electrons. The Morgan fingerprint density at radius 2 is 2.07 bits per heavy atom. The smallest absolute Gasteiger partial charge is 0.0816 e. The molecular formula is C13H22O. The standard InChI is InChI=1S/C13H22O/c1-3-4-5-6-12-7-9-13(10-8-12)11-14-2/h5-6,11-12H,3-4,7-10H2,1-2H3/b6-5+,13-11?. The number of ether oxygens (including phenoxy) is 1. The minimum Gasteiger partial charge on any atom is -0.504 e. The minimum absolute atomic E-state index is 0.815. The van der Waals surface area contributed by atoms with Gasteiger partial charge in [-0.3, -0.25) is 0 Å². The van der Waals surface area contributed by atoms with E-state index in [-0.39, 0.29) is 0 Å². The van der Waals surface area contributed by atoms with Gasteiger partial charge in [0.2, 0.25) is 0 Å². The molecule has 0 heterocycles. The van der Waals surface area contributed by atoms with E-state index >= 15 is 0 Å². The lowest BCUT2D eigenvalue weighted by atomic mass is 9.86. The van der Waals surface area contributed by atoms with Gasteiger partial charge in [0, 0.05) is 0 Å². The van der Waals surface area contributed by atoms with Crippen LogP contribution < -0.4 is 0 Å². The van der Waals surface area contributed by atoms with Gasteiger partial charge in [0.15, 0.2) is 0 Å². The number of hydrogen-bond donors (Lipinski definition) is 0. The van der Waals surface area contributed by atoms with Crippen molar-refractivity contribution in [2.45, 2.75) is 45.4 Å². The quantitative estimate of drug-likeness (QED) is 0.484. The first-order valence-corrected chi connectivity index (χ1v) is 5.74. The van der Waals surface area contributed by atoms with Gasteiger partial charge in [-0.05, 0) is 43.6 Å². The number of rotatable bonds is 4. The summed E-state index contributed by atoms with van der Waals surface area (Å²) in [6.45, 7) is 2.23. The highest BCUT2D eigenvalue weighted by molar-refractivity contribution is 5.05. The third kappa shape index (κ3) is 3.99. The van der Waals surface area contributed by atoms with Gasteiger partial charge < -0.3 is 4.74 Å². The van der Waals surface area contributed by atoms with Gasteiger partial charge in [-0.1, -0.05) is 25.5 Å². The predicted octanol–water partition coefficient (Wildman–Crippen LogP) is 4.06. The second-order valence-corrected chi connectivity index (χ2v) is 4.07. The van der Waals surface area contributed by atoms with Gasteiger partial charge >= 0.3 is 0 Å². The highest BCUT2D eigenvalue weighted by atomic mass is 16.5. The summed E-state index contributed by atoms with van der Waals surface area (Å²) in [4.78, 5) is 0. The Hall–Kier alpha value is -0.720. The van der Waals surface area contributed by atoms with Crippen molar-refractivity contribution in [3.05, 3.63) is 24.0 Å². The molecule has 1 heteroatoms. The molecule has 0 unspecified atom stereocenters. The van der Waals surface area contributed by atoms with E-state index in [9.17, 15) is 0 Å². The fourth-order valence-corrected chi connectivity index (χ4v) is 1.94. The Kier molecular flexibility index (Phi) is 5.43. The Morgan fingerprint density at radius 3 is 2.64 bits per heavy atom. The van der Waals surface area contributed by atoms with Crippen LogP contribution in [0.15, 0.2) is 24.0 Å². The zero-order valence-electron chi connectivity index (χ0n) is 9.46. The molecule has 1 rings (SSSR count). The van der Waals surface area contributed by atoms with Crippen molar-refractivity contribution < 1.29 is 4.74 Å². The van der Waals surface area contributed by atoms with Crippen LogP contribution in [0.5, 0.6) is 0 Å². The zero-order chi connectivity index (χ0) is 10.2. The van der Waals surface area contributed by atoms with Crippen LogP contribution in [0.2, 0.25) is 0 Å². The molecule has 0 aromatic rings. The molecule has 14 heavy (non-hydrogen) atoms. The molecule has 0 atom stereocenters. The third-order valence-electron chi connectivity index (χ3n) is 2.82. The molecule has 1 fully saturated rings. The summed E-state index contributed by atoms with van der Waals surface area (Å²) < 4.78 is 5.04. The maximum Gasteiger partial charge on any atom is 0.0816 e. The molecule has 1 aliphatic carbocycles. The van der Waals surface area contributed by atoms with Crippen LogP contribution >= 0.6 is 0 Å². The first kappa shape index (κ1) is 11.4. The summed E-state index contributed by atoms with van der Waals surface area (Å²) in [7, 11) is 1.74. The second kappa shape index (κ2) is 6.69. The number of hydrogen-bond acceptors (Lipinski definition) is 1. The Morgan fingerprint density at radius 1 is 1.36 bits per heavy atom. The molecule has 0 aromatic carbocycles. The summed E-state index contributed by atoms with van der Waals surface area (Å²) in [5, 5.41) is 0. The van der Waals surface area contributed by atoms with Crippen molar-refractivity contribution in [2.75, 3.05) is 7.11 Å². The normalized spacial score (nSPS) is 22.7. The van der Waals surface area contributed by atoms with Crippen molar-refractivity contribution >= 4 is 0 Å². The van der Waals surface area contributed by atoms with Gasteiger partial charge in [-0.15, -0.1) is 0 Å². The van der Waals surface area contributed by atoms with Gasteiger partial charge in [0.25, 0.3) is 0 Å². The van der Waals surface area contributed by atoms with Crippen molar-refractivity contribution in [1.82, 2.24) is 0 Å². The van der Waals surface area contributed by atoms with Crippen molar-refractivity contribution in [1.29, 1.82) is 0 Å². The largest absolute Gasteiger partial charge is 0.504 e. The summed E-state index contributed by atoms with van der Waals surface area (Å²) in [5.41, 5.74) is 1.48. The van der Waals surface area contributed by atoms with Crippen LogP contribution in [0.3, 0.4) is 0 Å². The number of unbranched alkanes of at least 4 members (excludes halogenated alkanes) is 1. The van der Waals surface area contributed by atoms with E-state index in [1.807, 2.05) is 6.26 Å². The molecular weight excluding hydrogens is 172 g/mol. The molecule has 0 aromatic heterocycles. The summed E-state index contributed by atoms with van der Waals surface area (Å²) >= 11 is 0. The van der Waals surface area contributed by atoms with E-state index < -0.39 is 0 Å². The van der Waals surface area contributed by atoms with E-state index in [0.717, 1.165) is 5.92 Å². The lowest BCUT2D eigenvalue weighted by Crippen LogP contribution is -2.05. The first-order chi connectivity index (χ1) is 6.86. The average Bonchev–Trinajstić information content (AvgIpc) is 2.21. The van der Waals surface area contributed by atoms with E-state index in [4.69, 9.17) is 4.74 Å². The lowest BCUT2D eigenvalue weighted by Gasteiger charge is -2.20. The predicted molar refractivity (Wildman–Crippen MR) is 61.1 cm³/mol. The highest BCUT2D eigenvalue weighted by Crippen LogP contribution is 2.28. The van der Waals surface area contributed by atoms with Crippen LogP contribution in [0, 0.1) is 5.92 Å². The maximum atomic E-state index is 5.04. The fourth-order valence-electron chi connectivity index (χ4n) is 1.94. The van der Waals surface area contributed by atoms with E-state index in [2.05, 4.69) is 19.1 Å². The molecule has 0 saturated heterocycles. The van der Waals surface area contributed by atoms with Gasteiger partial charge in [0.1, 0.15) is 0 Å². The molecule has 80 valence electrons. The Balaban J connectivity index is 2.25. The molecule has 0 spiro atoms. The SMILES string of the molecule is CCC/C=C/C1CCC(=COC)CC1. The maximum absolute atomic E-state index is 5.04. The van der Waals surface area contributed by atoms with E-state index in [1.165, 1.54) is 44.1 Å². The second-order valence-electron chi connectivity index (χ2n) is 4.07. The van der Waals surface area contributed by atoms with E-state index in [0.29, 0.717) is 0 Å². The highest BCUT2D eigenvalue weighted by Gasteiger charge is 2.13. The summed E-state index contributed by atoms with van der Waals surface area (Å²) in [5.74, 6) is 0.815. The third-order valence-corrected chi connectivity index (χ3v) is 2.82. The Labute approximate surface area is 87.8 Å². The fraction of sp³-hybridized carbons (Fsp3) is 0.692. The van der Waals surface area contributed by atoms with Crippen molar-refractivity contribution in [2.24, 2.45) is 5.92 Å². The number of methoxy groups -OCH3 is 1.